The zero-order valence-electron chi connectivity index (χ0n) is 7.60. The van der Waals surface area contributed by atoms with Crippen LogP contribution in [-0.2, 0) is 4.74 Å². The van der Waals surface area contributed by atoms with E-state index in [1.807, 2.05) is 0 Å². The SMILES string of the molecule is C[N+]1(C)CC2(CCOCC2)C1. The molecule has 0 aromatic heterocycles. The van der Waals surface area contributed by atoms with E-state index in [9.17, 15) is 0 Å². The van der Waals surface area contributed by atoms with E-state index in [1.54, 1.807) is 0 Å². The lowest BCUT2D eigenvalue weighted by atomic mass is 9.72. The minimum atomic E-state index is 0.682. The molecule has 1 spiro atoms. The number of rotatable bonds is 0. The van der Waals surface area contributed by atoms with Crippen LogP contribution < -0.4 is 0 Å². The fraction of sp³-hybridized carbons (Fsp3) is 1.00. The Bertz CT molecular complexity index is 149. The second kappa shape index (κ2) is 2.20. The molecule has 0 amide bonds. The molecule has 2 aliphatic rings. The molecule has 2 heterocycles. The lowest BCUT2D eigenvalue weighted by Gasteiger charge is -2.54. The predicted octanol–water partition coefficient (Wildman–Crippen LogP) is 0.873. The molecule has 0 saturated carbocycles. The van der Waals surface area contributed by atoms with Crippen LogP contribution in [0.4, 0.5) is 0 Å². The van der Waals surface area contributed by atoms with Crippen LogP contribution in [0.3, 0.4) is 0 Å². The number of ether oxygens (including phenoxy) is 1. The van der Waals surface area contributed by atoms with Crippen molar-refractivity contribution in [2.45, 2.75) is 12.8 Å². The Morgan fingerprint density at radius 1 is 1.09 bits per heavy atom. The molecule has 64 valence electrons. The Hall–Kier alpha value is -0.0800. The molecule has 0 aliphatic carbocycles. The smallest absolute Gasteiger partial charge is 0.0896 e. The summed E-state index contributed by atoms with van der Waals surface area (Å²) in [6.45, 7) is 4.74. The summed E-state index contributed by atoms with van der Waals surface area (Å²) in [5.74, 6) is 0. The van der Waals surface area contributed by atoms with Crippen LogP contribution in [0.15, 0.2) is 0 Å². The van der Waals surface area contributed by atoms with Crippen LogP contribution >= 0.6 is 0 Å². The minimum Gasteiger partial charge on any atom is -0.381 e. The molecule has 0 aromatic rings. The van der Waals surface area contributed by atoms with Crippen molar-refractivity contribution in [2.24, 2.45) is 5.41 Å². The Morgan fingerprint density at radius 2 is 1.64 bits per heavy atom. The molecule has 0 unspecified atom stereocenters. The van der Waals surface area contributed by atoms with Crippen molar-refractivity contribution in [1.29, 1.82) is 0 Å². The normalized spacial score (nSPS) is 33.3. The predicted molar refractivity (Wildman–Crippen MR) is 44.3 cm³/mol. The van der Waals surface area contributed by atoms with Gasteiger partial charge in [-0.3, -0.25) is 0 Å². The van der Waals surface area contributed by atoms with Gasteiger partial charge in [0.2, 0.25) is 0 Å². The zero-order chi connectivity index (χ0) is 7.95. The summed E-state index contributed by atoms with van der Waals surface area (Å²) in [5.41, 5.74) is 0.682. The van der Waals surface area contributed by atoms with Crippen LogP contribution in [-0.4, -0.2) is 44.9 Å². The fourth-order valence-corrected chi connectivity index (χ4v) is 2.89. The quantitative estimate of drug-likeness (QED) is 0.473. The third-order valence-electron chi connectivity index (χ3n) is 3.08. The van der Waals surface area contributed by atoms with Crippen LogP contribution in [0, 0.1) is 5.41 Å². The lowest BCUT2D eigenvalue weighted by Crippen LogP contribution is -2.66. The summed E-state index contributed by atoms with van der Waals surface area (Å²) in [6.07, 6.45) is 2.60. The summed E-state index contributed by atoms with van der Waals surface area (Å²) in [5, 5.41) is 0. The molecule has 11 heavy (non-hydrogen) atoms. The summed E-state index contributed by atoms with van der Waals surface area (Å²) in [7, 11) is 4.64. The van der Waals surface area contributed by atoms with Crippen molar-refractivity contribution in [2.75, 3.05) is 40.4 Å². The number of hydrogen-bond donors (Lipinski definition) is 0. The maximum absolute atomic E-state index is 5.36. The van der Waals surface area contributed by atoms with Gasteiger partial charge in [-0.1, -0.05) is 0 Å². The maximum atomic E-state index is 5.36. The fourth-order valence-electron chi connectivity index (χ4n) is 2.89. The third kappa shape index (κ3) is 1.30. The number of hydrogen-bond acceptors (Lipinski definition) is 1. The Kier molecular flexibility index (Phi) is 1.52. The Balaban J connectivity index is 1.94. The molecule has 0 atom stereocenters. The Labute approximate surface area is 68.7 Å². The highest BCUT2D eigenvalue weighted by Gasteiger charge is 2.51. The first-order valence-corrected chi connectivity index (χ1v) is 4.52. The first kappa shape index (κ1) is 7.56. The second-order valence-electron chi connectivity index (χ2n) is 4.86. The molecular weight excluding hydrogens is 138 g/mol. The third-order valence-corrected chi connectivity index (χ3v) is 3.08. The summed E-state index contributed by atoms with van der Waals surface area (Å²) in [6, 6.07) is 0. The Morgan fingerprint density at radius 3 is 2.09 bits per heavy atom. The summed E-state index contributed by atoms with van der Waals surface area (Å²) >= 11 is 0. The monoisotopic (exact) mass is 156 g/mol. The van der Waals surface area contributed by atoms with Crippen molar-refractivity contribution in [1.82, 2.24) is 0 Å². The number of nitrogens with zero attached hydrogens (tertiary/aromatic N) is 1. The van der Waals surface area contributed by atoms with Crippen molar-refractivity contribution >= 4 is 0 Å². The molecule has 0 N–H and O–H groups in total. The van der Waals surface area contributed by atoms with E-state index >= 15 is 0 Å². The van der Waals surface area contributed by atoms with Gasteiger partial charge in [0.25, 0.3) is 0 Å². The largest absolute Gasteiger partial charge is 0.381 e. The summed E-state index contributed by atoms with van der Waals surface area (Å²) < 4.78 is 6.58. The van der Waals surface area contributed by atoms with E-state index in [0.717, 1.165) is 13.2 Å². The van der Waals surface area contributed by atoms with E-state index in [-0.39, 0.29) is 0 Å². The van der Waals surface area contributed by atoms with E-state index in [1.165, 1.54) is 30.4 Å². The van der Waals surface area contributed by atoms with E-state index < -0.39 is 0 Å². The van der Waals surface area contributed by atoms with Gasteiger partial charge in [0.05, 0.1) is 32.6 Å². The van der Waals surface area contributed by atoms with Gasteiger partial charge in [-0.15, -0.1) is 0 Å². The molecule has 2 saturated heterocycles. The van der Waals surface area contributed by atoms with Crippen LogP contribution in [0.25, 0.3) is 0 Å². The molecule has 2 nitrogen and oxygen atoms in total. The molecule has 2 aliphatic heterocycles. The minimum absolute atomic E-state index is 0.682. The first-order valence-electron chi connectivity index (χ1n) is 4.52. The molecule has 0 bridgehead atoms. The summed E-state index contributed by atoms with van der Waals surface area (Å²) in [4.78, 5) is 0. The van der Waals surface area contributed by atoms with E-state index in [4.69, 9.17) is 4.74 Å². The first-order chi connectivity index (χ1) is 5.12. The van der Waals surface area contributed by atoms with Gasteiger partial charge in [-0.05, 0) is 12.8 Å². The van der Waals surface area contributed by atoms with Crippen molar-refractivity contribution in [3.05, 3.63) is 0 Å². The van der Waals surface area contributed by atoms with Gasteiger partial charge in [-0.2, -0.15) is 0 Å². The highest BCUT2D eigenvalue weighted by atomic mass is 16.5. The lowest BCUT2D eigenvalue weighted by molar-refractivity contribution is -0.951. The van der Waals surface area contributed by atoms with Gasteiger partial charge in [0.1, 0.15) is 0 Å². The van der Waals surface area contributed by atoms with Gasteiger partial charge in [0.15, 0.2) is 0 Å². The molecule has 0 aromatic carbocycles. The molecular formula is C9H18NO+. The van der Waals surface area contributed by atoms with Crippen molar-refractivity contribution in [3.63, 3.8) is 0 Å². The highest BCUT2D eigenvalue weighted by Crippen LogP contribution is 2.42. The van der Waals surface area contributed by atoms with Gasteiger partial charge < -0.3 is 9.22 Å². The van der Waals surface area contributed by atoms with Gasteiger partial charge in [0, 0.05) is 13.2 Å². The molecule has 2 heteroatoms. The van der Waals surface area contributed by atoms with E-state index in [2.05, 4.69) is 14.1 Å². The maximum Gasteiger partial charge on any atom is 0.0896 e. The molecule has 0 radical (unpaired) electrons. The molecule has 2 fully saturated rings. The standard InChI is InChI=1S/C9H18NO/c1-10(2)7-9(8-10)3-5-11-6-4-9/h3-8H2,1-2H3/q+1. The second-order valence-corrected chi connectivity index (χ2v) is 4.86. The van der Waals surface area contributed by atoms with Gasteiger partial charge in [-0.25, -0.2) is 0 Å². The van der Waals surface area contributed by atoms with Gasteiger partial charge >= 0.3 is 0 Å². The topological polar surface area (TPSA) is 9.23 Å². The average Bonchev–Trinajstić information content (AvgIpc) is 1.85. The highest BCUT2D eigenvalue weighted by molar-refractivity contribution is 4.87. The number of quaternary nitrogens is 1. The number of likely N-dealkylation sites (tertiary alicyclic amines) is 1. The van der Waals surface area contributed by atoms with Crippen LogP contribution in [0.1, 0.15) is 12.8 Å². The van der Waals surface area contributed by atoms with Crippen LogP contribution in [0.5, 0.6) is 0 Å². The zero-order valence-corrected chi connectivity index (χ0v) is 7.60. The van der Waals surface area contributed by atoms with Crippen molar-refractivity contribution in [3.8, 4) is 0 Å². The van der Waals surface area contributed by atoms with Crippen LogP contribution in [0.2, 0.25) is 0 Å². The van der Waals surface area contributed by atoms with Crippen molar-refractivity contribution < 1.29 is 9.22 Å². The van der Waals surface area contributed by atoms with E-state index in [0.29, 0.717) is 5.41 Å². The molecule has 2 rings (SSSR count). The average molecular weight is 156 g/mol.